The molecule has 0 saturated carbocycles. The van der Waals surface area contributed by atoms with Crippen LogP contribution in [0.25, 0.3) is 0 Å². The SMILES string of the molecule is N#Cc1ccc(N=O)c(N)c1N. The number of nitriles is 1. The van der Waals surface area contributed by atoms with Crippen LogP contribution in [0.1, 0.15) is 5.56 Å². The summed E-state index contributed by atoms with van der Waals surface area (Å²) in [6, 6.07) is 4.60. The van der Waals surface area contributed by atoms with E-state index in [9.17, 15) is 4.91 Å². The molecule has 5 nitrogen and oxygen atoms in total. The quantitative estimate of drug-likeness (QED) is 0.476. The summed E-state index contributed by atoms with van der Waals surface area (Å²) in [5.74, 6) is 0. The Balaban J connectivity index is 3.41. The van der Waals surface area contributed by atoms with Crippen molar-refractivity contribution in [2.24, 2.45) is 5.18 Å². The van der Waals surface area contributed by atoms with Crippen LogP contribution in [0.4, 0.5) is 17.1 Å². The normalized spacial score (nSPS) is 8.92. The molecule has 0 atom stereocenters. The van der Waals surface area contributed by atoms with Gasteiger partial charge in [-0.05, 0) is 17.3 Å². The van der Waals surface area contributed by atoms with E-state index >= 15 is 0 Å². The van der Waals surface area contributed by atoms with E-state index in [4.69, 9.17) is 16.7 Å². The van der Waals surface area contributed by atoms with Gasteiger partial charge < -0.3 is 11.5 Å². The lowest BCUT2D eigenvalue weighted by atomic mass is 10.1. The minimum atomic E-state index is 0.0593. The first-order valence-corrected chi connectivity index (χ1v) is 3.12. The van der Waals surface area contributed by atoms with Gasteiger partial charge in [-0.15, -0.1) is 4.91 Å². The predicted molar refractivity (Wildman–Crippen MR) is 45.4 cm³/mol. The van der Waals surface area contributed by atoms with Gasteiger partial charge in [0, 0.05) is 0 Å². The van der Waals surface area contributed by atoms with Crippen LogP contribution in [0.2, 0.25) is 0 Å². The van der Waals surface area contributed by atoms with Crippen LogP contribution in [0, 0.1) is 16.2 Å². The minimum absolute atomic E-state index is 0.0593. The van der Waals surface area contributed by atoms with E-state index in [0.29, 0.717) is 0 Å². The van der Waals surface area contributed by atoms with Crippen molar-refractivity contribution in [3.63, 3.8) is 0 Å². The Morgan fingerprint density at radius 3 is 2.50 bits per heavy atom. The smallest absolute Gasteiger partial charge is 0.133 e. The number of nitrogens with two attached hydrogens (primary N) is 2. The zero-order chi connectivity index (χ0) is 9.14. The number of anilines is 2. The standard InChI is InChI=1S/C7H6N4O/c8-3-4-1-2-5(11-12)7(10)6(4)9/h1-2H,9-10H2. The number of nitrogens with zero attached hydrogens (tertiary/aromatic N) is 2. The first-order valence-electron chi connectivity index (χ1n) is 3.12. The number of nitroso groups, excluding NO2 is 1. The highest BCUT2D eigenvalue weighted by molar-refractivity contribution is 5.81. The van der Waals surface area contributed by atoms with Crippen molar-refractivity contribution in [3.05, 3.63) is 22.6 Å². The fourth-order valence-corrected chi connectivity index (χ4v) is 0.802. The zero-order valence-corrected chi connectivity index (χ0v) is 6.11. The van der Waals surface area contributed by atoms with Gasteiger partial charge in [0.1, 0.15) is 11.8 Å². The van der Waals surface area contributed by atoms with E-state index in [1.165, 1.54) is 12.1 Å². The summed E-state index contributed by atoms with van der Waals surface area (Å²) >= 11 is 0. The summed E-state index contributed by atoms with van der Waals surface area (Å²) in [6.45, 7) is 0. The van der Waals surface area contributed by atoms with Gasteiger partial charge in [0.15, 0.2) is 0 Å². The van der Waals surface area contributed by atoms with Gasteiger partial charge in [-0.1, -0.05) is 0 Å². The maximum atomic E-state index is 10.1. The van der Waals surface area contributed by atoms with E-state index in [1.54, 1.807) is 0 Å². The highest BCUT2D eigenvalue weighted by Gasteiger charge is 2.06. The molecule has 0 amide bonds. The van der Waals surface area contributed by atoms with E-state index in [-0.39, 0.29) is 22.6 Å². The van der Waals surface area contributed by atoms with Gasteiger partial charge in [0.2, 0.25) is 0 Å². The summed E-state index contributed by atoms with van der Waals surface area (Å²) in [5, 5.41) is 11.2. The maximum Gasteiger partial charge on any atom is 0.133 e. The molecule has 0 aliphatic heterocycles. The Bertz CT molecular complexity index is 366. The van der Waals surface area contributed by atoms with Crippen molar-refractivity contribution in [3.8, 4) is 6.07 Å². The lowest BCUT2D eigenvalue weighted by Crippen LogP contribution is -1.97. The van der Waals surface area contributed by atoms with Crippen LogP contribution in [0.3, 0.4) is 0 Å². The number of hydrogen-bond acceptors (Lipinski definition) is 5. The second-order valence-electron chi connectivity index (χ2n) is 2.16. The van der Waals surface area contributed by atoms with Crippen molar-refractivity contribution < 1.29 is 0 Å². The van der Waals surface area contributed by atoms with Crippen LogP contribution in [-0.2, 0) is 0 Å². The molecule has 0 aliphatic carbocycles. The Labute approximate surface area is 68.6 Å². The van der Waals surface area contributed by atoms with Crippen molar-refractivity contribution in [2.45, 2.75) is 0 Å². The van der Waals surface area contributed by atoms with Gasteiger partial charge in [-0.3, -0.25) is 0 Å². The average Bonchev–Trinajstić information content (AvgIpc) is 2.10. The molecule has 4 N–H and O–H groups in total. The third-order valence-corrected chi connectivity index (χ3v) is 1.48. The molecule has 12 heavy (non-hydrogen) atoms. The molecule has 1 rings (SSSR count). The third kappa shape index (κ3) is 1.06. The van der Waals surface area contributed by atoms with Gasteiger partial charge in [0.05, 0.1) is 16.9 Å². The molecule has 0 spiro atoms. The first kappa shape index (κ1) is 8.01. The molecule has 0 bridgehead atoms. The van der Waals surface area contributed by atoms with Crippen molar-refractivity contribution in [1.29, 1.82) is 5.26 Å². The topological polar surface area (TPSA) is 105 Å². The summed E-state index contributed by atoms with van der Waals surface area (Å²) in [7, 11) is 0. The Hall–Kier alpha value is -2.09. The number of hydrogen-bond donors (Lipinski definition) is 2. The summed E-state index contributed by atoms with van der Waals surface area (Å²) in [4.78, 5) is 10.1. The van der Waals surface area contributed by atoms with Gasteiger partial charge in [-0.2, -0.15) is 5.26 Å². The van der Waals surface area contributed by atoms with Gasteiger partial charge in [-0.25, -0.2) is 0 Å². The summed E-state index contributed by atoms with van der Waals surface area (Å²) in [6.07, 6.45) is 0. The summed E-state index contributed by atoms with van der Waals surface area (Å²) in [5.41, 5.74) is 11.3. The van der Waals surface area contributed by atoms with Crippen LogP contribution in [0.5, 0.6) is 0 Å². The monoisotopic (exact) mass is 162 g/mol. The molecular weight excluding hydrogens is 156 g/mol. The molecule has 60 valence electrons. The first-order chi connectivity index (χ1) is 5.70. The van der Waals surface area contributed by atoms with Crippen molar-refractivity contribution >= 4 is 17.1 Å². The van der Waals surface area contributed by atoms with E-state index in [1.807, 2.05) is 6.07 Å². The van der Waals surface area contributed by atoms with E-state index in [2.05, 4.69) is 5.18 Å². The molecule has 0 aliphatic rings. The molecule has 1 aromatic carbocycles. The van der Waals surface area contributed by atoms with E-state index < -0.39 is 0 Å². The second-order valence-corrected chi connectivity index (χ2v) is 2.16. The molecule has 0 heterocycles. The van der Waals surface area contributed by atoms with Gasteiger partial charge >= 0.3 is 0 Å². The van der Waals surface area contributed by atoms with E-state index in [0.717, 1.165) is 0 Å². The zero-order valence-electron chi connectivity index (χ0n) is 6.11. The molecule has 1 aromatic rings. The van der Waals surface area contributed by atoms with Gasteiger partial charge in [0.25, 0.3) is 0 Å². The molecule has 0 radical (unpaired) electrons. The molecule has 5 heteroatoms. The van der Waals surface area contributed by atoms with Crippen molar-refractivity contribution in [2.75, 3.05) is 11.5 Å². The molecule has 0 aromatic heterocycles. The minimum Gasteiger partial charge on any atom is -0.396 e. The molecule has 0 unspecified atom stereocenters. The van der Waals surface area contributed by atoms with Crippen LogP contribution in [-0.4, -0.2) is 0 Å². The Morgan fingerprint density at radius 1 is 1.33 bits per heavy atom. The number of rotatable bonds is 1. The Kier molecular flexibility index (Phi) is 1.92. The average molecular weight is 162 g/mol. The lowest BCUT2D eigenvalue weighted by molar-refractivity contribution is 1.45. The molecule has 0 fully saturated rings. The van der Waals surface area contributed by atoms with Crippen LogP contribution in [0.15, 0.2) is 17.3 Å². The third-order valence-electron chi connectivity index (χ3n) is 1.48. The highest BCUT2D eigenvalue weighted by atomic mass is 16.3. The lowest BCUT2D eigenvalue weighted by Gasteiger charge is -2.02. The fraction of sp³-hybridized carbons (Fsp3) is 0. The van der Waals surface area contributed by atoms with Crippen LogP contribution >= 0.6 is 0 Å². The predicted octanol–water partition coefficient (Wildman–Crippen LogP) is 1.12. The number of nitrogen functional groups attached to an aromatic ring is 2. The van der Waals surface area contributed by atoms with Crippen LogP contribution < -0.4 is 11.5 Å². The number of benzene rings is 1. The Morgan fingerprint density at radius 2 is 2.00 bits per heavy atom. The molecule has 0 saturated heterocycles. The molecular formula is C7H6N4O. The maximum absolute atomic E-state index is 10.1. The largest absolute Gasteiger partial charge is 0.396 e. The fourth-order valence-electron chi connectivity index (χ4n) is 0.802. The second kappa shape index (κ2) is 2.88. The van der Waals surface area contributed by atoms with Crippen molar-refractivity contribution in [1.82, 2.24) is 0 Å². The summed E-state index contributed by atoms with van der Waals surface area (Å²) < 4.78 is 0. The highest BCUT2D eigenvalue weighted by Crippen LogP contribution is 2.29.